The molecular formula is C16H24N2O. The number of nitrogens with two attached hydrogens (primary N) is 1. The molecule has 1 fully saturated rings. The number of rotatable bonds is 6. The van der Waals surface area contributed by atoms with E-state index in [-0.39, 0.29) is 11.3 Å². The van der Waals surface area contributed by atoms with Crippen molar-refractivity contribution in [2.24, 2.45) is 11.1 Å². The van der Waals surface area contributed by atoms with Crippen molar-refractivity contribution in [2.75, 3.05) is 20.1 Å². The quantitative estimate of drug-likeness (QED) is 0.850. The third-order valence-electron chi connectivity index (χ3n) is 4.21. The van der Waals surface area contributed by atoms with Crippen LogP contribution in [0, 0.1) is 5.41 Å². The van der Waals surface area contributed by atoms with Crippen LogP contribution < -0.4 is 5.73 Å². The molecule has 0 atom stereocenters. The van der Waals surface area contributed by atoms with E-state index in [1.165, 1.54) is 11.1 Å². The molecule has 3 heteroatoms. The third-order valence-corrected chi connectivity index (χ3v) is 4.21. The van der Waals surface area contributed by atoms with Crippen LogP contribution in [0.5, 0.6) is 0 Å². The van der Waals surface area contributed by atoms with Gasteiger partial charge < -0.3 is 10.6 Å². The van der Waals surface area contributed by atoms with Crippen LogP contribution in [0.15, 0.2) is 24.3 Å². The van der Waals surface area contributed by atoms with Crippen molar-refractivity contribution >= 4 is 5.91 Å². The van der Waals surface area contributed by atoms with Crippen LogP contribution in [0.1, 0.15) is 30.9 Å². The van der Waals surface area contributed by atoms with Gasteiger partial charge in [0, 0.05) is 20.1 Å². The fraction of sp³-hybridized carbons (Fsp3) is 0.562. The molecule has 1 aliphatic rings. The predicted octanol–water partition coefficient (Wildman–Crippen LogP) is 1.99. The predicted molar refractivity (Wildman–Crippen MR) is 77.9 cm³/mol. The highest BCUT2D eigenvalue weighted by Crippen LogP contribution is 2.45. The molecule has 104 valence electrons. The van der Waals surface area contributed by atoms with Gasteiger partial charge in [0.15, 0.2) is 0 Å². The Morgan fingerprint density at radius 2 is 1.84 bits per heavy atom. The minimum absolute atomic E-state index is 0.221. The highest BCUT2D eigenvalue weighted by atomic mass is 16.2. The summed E-state index contributed by atoms with van der Waals surface area (Å²) in [4.78, 5) is 14.1. The SMILES string of the molecule is CCc1ccc(CCN(C)C(=O)C2(CN)CC2)cc1. The van der Waals surface area contributed by atoms with Gasteiger partial charge in [0.25, 0.3) is 0 Å². The van der Waals surface area contributed by atoms with Crippen LogP contribution >= 0.6 is 0 Å². The summed E-state index contributed by atoms with van der Waals surface area (Å²) in [6.45, 7) is 3.41. The maximum atomic E-state index is 12.2. The Hall–Kier alpha value is -1.35. The van der Waals surface area contributed by atoms with Crippen molar-refractivity contribution in [3.63, 3.8) is 0 Å². The maximum Gasteiger partial charge on any atom is 0.229 e. The summed E-state index contributed by atoms with van der Waals surface area (Å²) >= 11 is 0. The zero-order valence-corrected chi connectivity index (χ0v) is 12.0. The van der Waals surface area contributed by atoms with Crippen molar-refractivity contribution in [1.29, 1.82) is 0 Å². The largest absolute Gasteiger partial charge is 0.345 e. The van der Waals surface area contributed by atoms with E-state index in [0.29, 0.717) is 6.54 Å². The average molecular weight is 260 g/mol. The first-order valence-electron chi connectivity index (χ1n) is 7.15. The van der Waals surface area contributed by atoms with E-state index in [2.05, 4.69) is 31.2 Å². The first-order chi connectivity index (χ1) is 9.11. The van der Waals surface area contributed by atoms with E-state index in [4.69, 9.17) is 5.73 Å². The van der Waals surface area contributed by atoms with Gasteiger partial charge in [-0.25, -0.2) is 0 Å². The summed E-state index contributed by atoms with van der Waals surface area (Å²) in [5.74, 6) is 0.222. The fourth-order valence-electron chi connectivity index (χ4n) is 2.40. The lowest BCUT2D eigenvalue weighted by Gasteiger charge is -2.22. The number of nitrogens with zero attached hydrogens (tertiary/aromatic N) is 1. The van der Waals surface area contributed by atoms with E-state index in [1.54, 1.807) is 0 Å². The van der Waals surface area contributed by atoms with Crippen LogP contribution in [-0.2, 0) is 17.6 Å². The fourth-order valence-corrected chi connectivity index (χ4v) is 2.40. The van der Waals surface area contributed by atoms with Gasteiger partial charge in [-0.15, -0.1) is 0 Å². The Balaban J connectivity index is 1.86. The molecule has 19 heavy (non-hydrogen) atoms. The summed E-state index contributed by atoms with van der Waals surface area (Å²) in [5, 5.41) is 0. The molecule has 0 radical (unpaired) electrons. The molecule has 0 unspecified atom stereocenters. The number of likely N-dealkylation sites (N-methyl/N-ethyl adjacent to an activating group) is 1. The van der Waals surface area contributed by atoms with Crippen LogP contribution in [0.3, 0.4) is 0 Å². The molecule has 2 N–H and O–H groups in total. The molecule has 0 heterocycles. The number of aryl methyl sites for hydroxylation is 1. The lowest BCUT2D eigenvalue weighted by atomic mass is 10.0. The Morgan fingerprint density at radius 1 is 1.26 bits per heavy atom. The minimum atomic E-state index is -0.221. The summed E-state index contributed by atoms with van der Waals surface area (Å²) in [5.41, 5.74) is 8.12. The van der Waals surface area contributed by atoms with E-state index in [1.807, 2.05) is 11.9 Å². The second-order valence-corrected chi connectivity index (χ2v) is 5.63. The van der Waals surface area contributed by atoms with Gasteiger partial charge in [-0.3, -0.25) is 4.79 Å². The molecule has 0 bridgehead atoms. The topological polar surface area (TPSA) is 46.3 Å². The van der Waals surface area contributed by atoms with Crippen molar-refractivity contribution in [3.05, 3.63) is 35.4 Å². The Morgan fingerprint density at radius 3 is 2.32 bits per heavy atom. The molecule has 0 spiro atoms. The van der Waals surface area contributed by atoms with Gasteiger partial charge in [-0.2, -0.15) is 0 Å². The number of carbonyl (C=O) groups excluding carboxylic acids is 1. The summed E-state index contributed by atoms with van der Waals surface area (Å²) < 4.78 is 0. The van der Waals surface area contributed by atoms with Crippen LogP contribution in [0.2, 0.25) is 0 Å². The second-order valence-electron chi connectivity index (χ2n) is 5.63. The molecule has 1 aromatic rings. The van der Waals surface area contributed by atoms with Crippen molar-refractivity contribution < 1.29 is 4.79 Å². The average Bonchev–Trinajstić information content (AvgIpc) is 3.25. The van der Waals surface area contributed by atoms with Gasteiger partial charge in [0.05, 0.1) is 5.41 Å². The molecule has 2 rings (SSSR count). The van der Waals surface area contributed by atoms with Crippen molar-refractivity contribution in [2.45, 2.75) is 32.6 Å². The Labute approximate surface area is 115 Å². The molecule has 0 aromatic heterocycles. The summed E-state index contributed by atoms with van der Waals surface area (Å²) in [6, 6.07) is 8.65. The normalized spacial score (nSPS) is 16.2. The highest BCUT2D eigenvalue weighted by molar-refractivity contribution is 5.85. The summed E-state index contributed by atoms with van der Waals surface area (Å²) in [7, 11) is 1.89. The molecule has 1 aliphatic carbocycles. The Kier molecular flexibility index (Phi) is 4.25. The molecular weight excluding hydrogens is 236 g/mol. The molecule has 3 nitrogen and oxygen atoms in total. The number of carbonyl (C=O) groups is 1. The highest BCUT2D eigenvalue weighted by Gasteiger charge is 2.49. The number of hydrogen-bond acceptors (Lipinski definition) is 2. The summed E-state index contributed by atoms with van der Waals surface area (Å²) in [6.07, 6.45) is 3.89. The van der Waals surface area contributed by atoms with Crippen LogP contribution in [0.25, 0.3) is 0 Å². The van der Waals surface area contributed by atoms with Crippen LogP contribution in [0.4, 0.5) is 0 Å². The number of benzene rings is 1. The van der Waals surface area contributed by atoms with Gasteiger partial charge in [0.1, 0.15) is 0 Å². The lowest BCUT2D eigenvalue weighted by Crippen LogP contribution is -2.39. The molecule has 0 aliphatic heterocycles. The van der Waals surface area contributed by atoms with Crippen LogP contribution in [-0.4, -0.2) is 30.9 Å². The van der Waals surface area contributed by atoms with Gasteiger partial charge in [-0.05, 0) is 36.8 Å². The van der Waals surface area contributed by atoms with Gasteiger partial charge in [0.2, 0.25) is 5.91 Å². The molecule has 0 saturated heterocycles. The van der Waals surface area contributed by atoms with E-state index in [0.717, 1.165) is 32.2 Å². The Bertz CT molecular complexity index is 435. The zero-order chi connectivity index (χ0) is 13.9. The standard InChI is InChI=1S/C16H24N2O/c1-3-13-4-6-14(7-5-13)8-11-18(2)15(19)16(12-17)9-10-16/h4-7H,3,8-12,17H2,1-2H3. The van der Waals surface area contributed by atoms with Gasteiger partial charge in [-0.1, -0.05) is 31.2 Å². The van der Waals surface area contributed by atoms with Crippen molar-refractivity contribution in [1.82, 2.24) is 4.90 Å². The van der Waals surface area contributed by atoms with E-state index >= 15 is 0 Å². The monoisotopic (exact) mass is 260 g/mol. The molecule has 1 saturated carbocycles. The zero-order valence-electron chi connectivity index (χ0n) is 12.0. The first kappa shape index (κ1) is 14.1. The lowest BCUT2D eigenvalue weighted by molar-refractivity contribution is -0.135. The first-order valence-corrected chi connectivity index (χ1v) is 7.15. The third kappa shape index (κ3) is 3.16. The van der Waals surface area contributed by atoms with E-state index in [9.17, 15) is 4.79 Å². The van der Waals surface area contributed by atoms with E-state index < -0.39 is 0 Å². The molecule has 1 amide bonds. The molecule has 1 aromatic carbocycles. The van der Waals surface area contributed by atoms with Gasteiger partial charge >= 0.3 is 0 Å². The number of amides is 1. The van der Waals surface area contributed by atoms with Crippen molar-refractivity contribution in [3.8, 4) is 0 Å². The maximum absolute atomic E-state index is 12.2. The second kappa shape index (κ2) is 5.74. The smallest absolute Gasteiger partial charge is 0.229 e. The minimum Gasteiger partial charge on any atom is -0.345 e. The number of hydrogen-bond donors (Lipinski definition) is 1.